The van der Waals surface area contributed by atoms with Crippen molar-refractivity contribution in [1.82, 2.24) is 9.55 Å². The fraction of sp³-hybridized carbons (Fsp3) is 0.111. The SMILES string of the molecule is O=C(n1cnc2ccc(F)cc21)C(F)(F)F. The third kappa shape index (κ3) is 1.64. The van der Waals surface area contributed by atoms with E-state index in [1.165, 1.54) is 6.07 Å². The average molecular weight is 232 g/mol. The number of benzene rings is 1. The first kappa shape index (κ1) is 10.6. The Labute approximate surface area is 86.3 Å². The summed E-state index contributed by atoms with van der Waals surface area (Å²) in [5.41, 5.74) is -0.0821. The molecule has 1 aromatic heterocycles. The molecule has 2 aromatic rings. The van der Waals surface area contributed by atoms with Gasteiger partial charge in [0.25, 0.3) is 0 Å². The van der Waals surface area contributed by atoms with Gasteiger partial charge in [-0.05, 0) is 12.1 Å². The van der Waals surface area contributed by atoms with Crippen molar-refractivity contribution in [2.45, 2.75) is 6.18 Å². The van der Waals surface area contributed by atoms with Gasteiger partial charge in [0, 0.05) is 6.07 Å². The van der Waals surface area contributed by atoms with E-state index in [-0.39, 0.29) is 15.6 Å². The number of carbonyl (C=O) groups excluding carboxylic acids is 1. The molecule has 0 unspecified atom stereocenters. The second kappa shape index (κ2) is 3.29. The van der Waals surface area contributed by atoms with E-state index < -0.39 is 17.9 Å². The Morgan fingerprint density at radius 3 is 2.62 bits per heavy atom. The van der Waals surface area contributed by atoms with Crippen LogP contribution < -0.4 is 0 Å². The van der Waals surface area contributed by atoms with Gasteiger partial charge in [-0.3, -0.25) is 9.36 Å². The summed E-state index contributed by atoms with van der Waals surface area (Å²) in [7, 11) is 0. The lowest BCUT2D eigenvalue weighted by atomic mass is 10.3. The monoisotopic (exact) mass is 232 g/mol. The first-order chi connectivity index (χ1) is 7.39. The topological polar surface area (TPSA) is 34.9 Å². The summed E-state index contributed by atoms with van der Waals surface area (Å²) in [6.07, 6.45) is -4.29. The van der Waals surface area contributed by atoms with Crippen molar-refractivity contribution >= 4 is 16.9 Å². The van der Waals surface area contributed by atoms with Crippen molar-refractivity contribution in [3.05, 3.63) is 30.3 Å². The van der Waals surface area contributed by atoms with Crippen molar-refractivity contribution in [3.63, 3.8) is 0 Å². The second-order valence-electron chi connectivity index (χ2n) is 3.05. The van der Waals surface area contributed by atoms with E-state index in [0.29, 0.717) is 0 Å². The summed E-state index contributed by atoms with van der Waals surface area (Å²) in [6.45, 7) is 0. The highest BCUT2D eigenvalue weighted by atomic mass is 19.4. The van der Waals surface area contributed by atoms with Crippen LogP contribution in [0.5, 0.6) is 0 Å². The minimum Gasteiger partial charge on any atom is -0.264 e. The molecule has 0 radical (unpaired) electrons. The third-order valence-electron chi connectivity index (χ3n) is 1.97. The zero-order chi connectivity index (χ0) is 11.9. The van der Waals surface area contributed by atoms with Crippen LogP contribution in [0.1, 0.15) is 4.79 Å². The summed E-state index contributed by atoms with van der Waals surface area (Å²) < 4.78 is 49.5. The highest BCUT2D eigenvalue weighted by Crippen LogP contribution is 2.21. The van der Waals surface area contributed by atoms with Crippen LogP contribution in [0.4, 0.5) is 17.6 Å². The molecule has 0 saturated carbocycles. The van der Waals surface area contributed by atoms with E-state index in [4.69, 9.17) is 0 Å². The lowest BCUT2D eigenvalue weighted by Gasteiger charge is -2.05. The molecule has 0 atom stereocenters. The van der Waals surface area contributed by atoms with Crippen molar-refractivity contribution in [2.24, 2.45) is 0 Å². The van der Waals surface area contributed by atoms with Gasteiger partial charge in [0.2, 0.25) is 0 Å². The summed E-state index contributed by atoms with van der Waals surface area (Å²) in [5.74, 6) is -2.83. The minimum atomic E-state index is -5.01. The molecule has 0 fully saturated rings. The maximum absolute atomic E-state index is 12.8. The van der Waals surface area contributed by atoms with Crippen LogP contribution in [0.15, 0.2) is 24.5 Å². The van der Waals surface area contributed by atoms with Crippen LogP contribution in [0.2, 0.25) is 0 Å². The molecule has 16 heavy (non-hydrogen) atoms. The van der Waals surface area contributed by atoms with Crippen LogP contribution in [0.25, 0.3) is 11.0 Å². The fourth-order valence-corrected chi connectivity index (χ4v) is 1.28. The molecule has 84 valence electrons. The van der Waals surface area contributed by atoms with E-state index in [2.05, 4.69) is 4.98 Å². The predicted octanol–water partition coefficient (Wildman–Crippen LogP) is 2.38. The second-order valence-corrected chi connectivity index (χ2v) is 3.05. The van der Waals surface area contributed by atoms with E-state index >= 15 is 0 Å². The number of halogens is 4. The number of hydrogen-bond acceptors (Lipinski definition) is 2. The molecule has 0 bridgehead atoms. The Morgan fingerprint density at radius 1 is 1.31 bits per heavy atom. The highest BCUT2D eigenvalue weighted by Gasteiger charge is 2.40. The Kier molecular flexibility index (Phi) is 2.18. The molecular formula is C9H4F4N2O. The molecule has 0 amide bonds. The normalized spacial score (nSPS) is 12.0. The number of alkyl halides is 3. The van der Waals surface area contributed by atoms with Crippen LogP contribution in [-0.2, 0) is 0 Å². The van der Waals surface area contributed by atoms with Crippen LogP contribution >= 0.6 is 0 Å². The van der Waals surface area contributed by atoms with Gasteiger partial charge in [-0.2, -0.15) is 13.2 Å². The number of carbonyl (C=O) groups is 1. The summed E-state index contributed by atoms with van der Waals surface area (Å²) in [5, 5.41) is 0. The number of imidazole rings is 1. The number of aromatic nitrogens is 2. The van der Waals surface area contributed by atoms with Crippen LogP contribution in [0.3, 0.4) is 0 Å². The lowest BCUT2D eigenvalue weighted by molar-refractivity contribution is -0.0943. The van der Waals surface area contributed by atoms with Gasteiger partial charge in [0.05, 0.1) is 11.0 Å². The molecule has 3 nitrogen and oxygen atoms in total. The summed E-state index contributed by atoms with van der Waals surface area (Å²) in [4.78, 5) is 14.5. The third-order valence-corrected chi connectivity index (χ3v) is 1.97. The summed E-state index contributed by atoms with van der Waals surface area (Å²) in [6, 6.07) is 3.08. The molecule has 7 heteroatoms. The highest BCUT2D eigenvalue weighted by molar-refractivity contribution is 5.93. The fourth-order valence-electron chi connectivity index (χ4n) is 1.28. The molecule has 0 saturated heterocycles. The standard InChI is InChI=1S/C9H4F4N2O/c10-5-1-2-6-7(3-5)15(4-14-6)8(16)9(11,12)13/h1-4H. The van der Waals surface area contributed by atoms with Crippen molar-refractivity contribution in [3.8, 4) is 0 Å². The maximum Gasteiger partial charge on any atom is 0.472 e. The number of fused-ring (bicyclic) bond motifs is 1. The van der Waals surface area contributed by atoms with Gasteiger partial charge in [-0.15, -0.1) is 0 Å². The molecule has 0 aliphatic heterocycles. The van der Waals surface area contributed by atoms with Gasteiger partial charge in [0.1, 0.15) is 12.1 Å². The molecule has 1 aromatic carbocycles. The molecule has 0 N–H and O–H groups in total. The molecule has 1 heterocycles. The van der Waals surface area contributed by atoms with E-state index in [0.717, 1.165) is 18.5 Å². The average Bonchev–Trinajstić information content (AvgIpc) is 2.57. The Bertz CT molecular complexity index is 558. The first-order valence-electron chi connectivity index (χ1n) is 4.14. The van der Waals surface area contributed by atoms with Crippen molar-refractivity contribution in [1.29, 1.82) is 0 Å². The predicted molar refractivity (Wildman–Crippen MR) is 46.4 cm³/mol. The molecule has 2 rings (SSSR count). The number of nitrogens with zero attached hydrogens (tertiary/aromatic N) is 2. The van der Waals surface area contributed by atoms with E-state index in [9.17, 15) is 22.4 Å². The Balaban J connectivity index is 2.62. The minimum absolute atomic E-state index is 0.124. The first-order valence-corrected chi connectivity index (χ1v) is 4.14. The van der Waals surface area contributed by atoms with Crippen LogP contribution in [-0.4, -0.2) is 21.6 Å². The molecular weight excluding hydrogens is 228 g/mol. The maximum atomic E-state index is 12.8. The number of hydrogen-bond donors (Lipinski definition) is 0. The smallest absolute Gasteiger partial charge is 0.264 e. The zero-order valence-electron chi connectivity index (χ0n) is 7.62. The van der Waals surface area contributed by atoms with Crippen molar-refractivity contribution < 1.29 is 22.4 Å². The lowest BCUT2D eigenvalue weighted by Crippen LogP contribution is -2.28. The molecule has 0 aliphatic carbocycles. The largest absolute Gasteiger partial charge is 0.472 e. The van der Waals surface area contributed by atoms with Crippen molar-refractivity contribution in [2.75, 3.05) is 0 Å². The molecule has 0 spiro atoms. The quantitative estimate of drug-likeness (QED) is 0.653. The Hall–Kier alpha value is -1.92. The van der Waals surface area contributed by atoms with Gasteiger partial charge in [-0.1, -0.05) is 0 Å². The zero-order valence-corrected chi connectivity index (χ0v) is 7.62. The number of rotatable bonds is 0. The van der Waals surface area contributed by atoms with Gasteiger partial charge < -0.3 is 0 Å². The van der Waals surface area contributed by atoms with E-state index in [1.54, 1.807) is 0 Å². The van der Waals surface area contributed by atoms with Gasteiger partial charge >= 0.3 is 12.1 Å². The van der Waals surface area contributed by atoms with E-state index in [1.807, 2.05) is 0 Å². The van der Waals surface area contributed by atoms with Gasteiger partial charge in [-0.25, -0.2) is 9.37 Å². The van der Waals surface area contributed by atoms with Gasteiger partial charge in [0.15, 0.2) is 0 Å². The van der Waals surface area contributed by atoms with Crippen LogP contribution in [0, 0.1) is 5.82 Å². The Morgan fingerprint density at radius 2 is 2.00 bits per heavy atom. The molecule has 0 aliphatic rings. The summed E-state index contributed by atoms with van der Waals surface area (Å²) >= 11 is 0.